The van der Waals surface area contributed by atoms with Gasteiger partial charge in [0.1, 0.15) is 11.6 Å². The van der Waals surface area contributed by atoms with Crippen LogP contribution in [0.5, 0.6) is 11.6 Å². The summed E-state index contributed by atoms with van der Waals surface area (Å²) in [5.41, 5.74) is 5.80. The molecule has 220 valence electrons. The van der Waals surface area contributed by atoms with Gasteiger partial charge in [-0.1, -0.05) is 13.0 Å². The van der Waals surface area contributed by atoms with Gasteiger partial charge in [0.2, 0.25) is 5.88 Å². The van der Waals surface area contributed by atoms with Gasteiger partial charge < -0.3 is 19.1 Å². The van der Waals surface area contributed by atoms with Crippen molar-refractivity contribution in [1.29, 1.82) is 0 Å². The number of pyridine rings is 3. The molecule has 8 rings (SSSR count). The van der Waals surface area contributed by atoms with E-state index in [2.05, 4.69) is 51.1 Å². The van der Waals surface area contributed by atoms with Crippen LogP contribution in [0.2, 0.25) is 0 Å². The number of piperidine rings is 1. The van der Waals surface area contributed by atoms with E-state index in [4.69, 9.17) is 19.2 Å². The van der Waals surface area contributed by atoms with Gasteiger partial charge in [-0.3, -0.25) is 4.90 Å². The van der Waals surface area contributed by atoms with Crippen LogP contribution >= 0.6 is 0 Å². The van der Waals surface area contributed by atoms with Crippen LogP contribution in [0.25, 0.3) is 16.6 Å². The molecule has 0 aliphatic carbocycles. The van der Waals surface area contributed by atoms with Crippen molar-refractivity contribution in [2.45, 2.75) is 57.7 Å². The second-order valence-corrected chi connectivity index (χ2v) is 11.8. The molecule has 4 saturated heterocycles. The lowest BCUT2D eigenvalue weighted by molar-refractivity contribution is -0.00876. The van der Waals surface area contributed by atoms with Gasteiger partial charge in [-0.25, -0.2) is 14.5 Å². The monoisotopic (exact) mass is 568 g/mol. The maximum atomic E-state index is 6.28. The Bertz CT molecular complexity index is 1490. The zero-order valence-corrected chi connectivity index (χ0v) is 24.6. The number of rotatable bonds is 10. The average molecular weight is 569 g/mol. The number of nitrogens with zero attached hydrogens (tertiary/aromatic N) is 6. The largest absolute Gasteiger partial charge is 0.492 e. The molecule has 0 spiro atoms. The first-order chi connectivity index (χ1) is 20.7. The maximum Gasteiger partial charge on any atom is 0.212 e. The van der Waals surface area contributed by atoms with Gasteiger partial charge in [0, 0.05) is 74.5 Å². The summed E-state index contributed by atoms with van der Waals surface area (Å²) in [4.78, 5) is 14.4. The third kappa shape index (κ3) is 5.43. The lowest BCUT2D eigenvalue weighted by Crippen LogP contribution is -2.68. The van der Waals surface area contributed by atoms with E-state index in [1.54, 1.807) is 7.11 Å². The van der Waals surface area contributed by atoms with Crippen LogP contribution in [-0.4, -0.2) is 76.6 Å². The highest BCUT2D eigenvalue weighted by Crippen LogP contribution is 2.37. The van der Waals surface area contributed by atoms with Crippen LogP contribution in [0.1, 0.15) is 43.7 Å². The first-order valence-electron chi connectivity index (χ1n) is 15.4. The molecule has 0 N–H and O–H groups in total. The number of aromatic nitrogens is 4. The van der Waals surface area contributed by atoms with Crippen molar-refractivity contribution in [2.24, 2.45) is 5.92 Å². The summed E-state index contributed by atoms with van der Waals surface area (Å²) in [6, 6.07) is 11.7. The maximum absolute atomic E-state index is 6.28. The summed E-state index contributed by atoms with van der Waals surface area (Å²) in [6.07, 6.45) is 13.4. The predicted octanol–water partition coefficient (Wildman–Crippen LogP) is 5.02. The summed E-state index contributed by atoms with van der Waals surface area (Å²) in [5, 5.41) is 4.66. The highest BCUT2D eigenvalue weighted by molar-refractivity contribution is 5.83. The number of aryl methyl sites for hydroxylation is 1. The molecule has 0 amide bonds. The zero-order chi connectivity index (χ0) is 28.5. The fraction of sp³-hybridized carbons (Fsp3) is 0.485. The number of ether oxygens (including phenoxy) is 3. The molecule has 4 aromatic rings. The first-order valence-corrected chi connectivity index (χ1v) is 15.4. The smallest absolute Gasteiger partial charge is 0.212 e. The number of hydrogen-bond acceptors (Lipinski definition) is 8. The molecule has 8 heterocycles. The summed E-state index contributed by atoms with van der Waals surface area (Å²) >= 11 is 0. The number of hydrogen-bond donors (Lipinski definition) is 0. The van der Waals surface area contributed by atoms with Gasteiger partial charge in [-0.15, -0.1) is 0 Å². The summed E-state index contributed by atoms with van der Waals surface area (Å²) in [6.45, 7) is 7.55. The second kappa shape index (κ2) is 11.9. The second-order valence-electron chi connectivity index (χ2n) is 11.8. The molecular formula is C33H40N6O3. The lowest BCUT2D eigenvalue weighted by Gasteiger charge is -2.56. The Balaban J connectivity index is 1.04. The molecule has 0 aromatic carbocycles. The molecule has 9 nitrogen and oxygen atoms in total. The van der Waals surface area contributed by atoms with E-state index >= 15 is 0 Å². The van der Waals surface area contributed by atoms with E-state index in [9.17, 15) is 0 Å². The van der Waals surface area contributed by atoms with E-state index < -0.39 is 0 Å². The van der Waals surface area contributed by atoms with Crippen LogP contribution in [0.4, 0.5) is 5.82 Å². The number of piperazine rings is 1. The van der Waals surface area contributed by atoms with Crippen molar-refractivity contribution >= 4 is 11.3 Å². The molecule has 0 saturated carbocycles. The fourth-order valence-electron chi connectivity index (χ4n) is 6.80. The van der Waals surface area contributed by atoms with Gasteiger partial charge >= 0.3 is 0 Å². The Morgan fingerprint density at radius 2 is 1.86 bits per heavy atom. The molecule has 4 aliphatic heterocycles. The Morgan fingerprint density at radius 3 is 2.57 bits per heavy atom. The van der Waals surface area contributed by atoms with Crippen LogP contribution < -0.4 is 14.4 Å². The van der Waals surface area contributed by atoms with Crippen LogP contribution in [-0.2, 0) is 17.7 Å². The Labute approximate surface area is 247 Å². The average Bonchev–Trinajstić information content (AvgIpc) is 3.47. The van der Waals surface area contributed by atoms with Crippen molar-refractivity contribution in [3.63, 3.8) is 0 Å². The fourth-order valence-corrected chi connectivity index (χ4v) is 6.80. The molecule has 4 aromatic heterocycles. The SMILES string of the molecule is CCc1cnn2cc(OCCC3CCOCC3)cc(-c3ccc(N4CC5CC(C4)N5Cc4ccc(OC)nc4)nc3)c12. The molecule has 0 radical (unpaired) electrons. The van der Waals surface area contributed by atoms with Crippen LogP contribution in [0.3, 0.4) is 0 Å². The van der Waals surface area contributed by atoms with E-state index in [-0.39, 0.29) is 0 Å². The van der Waals surface area contributed by atoms with Crippen molar-refractivity contribution in [3.8, 4) is 22.8 Å². The Morgan fingerprint density at radius 1 is 1.00 bits per heavy atom. The summed E-state index contributed by atoms with van der Waals surface area (Å²) in [5.74, 6) is 3.24. The van der Waals surface area contributed by atoms with Crippen LogP contribution in [0, 0.1) is 5.92 Å². The molecule has 2 bridgehead atoms. The Hall–Kier alpha value is -3.69. The minimum absolute atomic E-state index is 0.542. The third-order valence-electron chi connectivity index (χ3n) is 9.28. The number of anilines is 1. The highest BCUT2D eigenvalue weighted by atomic mass is 16.5. The van der Waals surface area contributed by atoms with E-state index in [0.717, 1.165) is 86.7 Å². The van der Waals surface area contributed by atoms with E-state index in [1.807, 2.05) is 35.4 Å². The molecule has 2 atom stereocenters. The van der Waals surface area contributed by atoms with Gasteiger partial charge in [-0.2, -0.15) is 5.10 Å². The summed E-state index contributed by atoms with van der Waals surface area (Å²) < 4.78 is 19.0. The topological polar surface area (TPSA) is 77.3 Å². The molecule has 42 heavy (non-hydrogen) atoms. The predicted molar refractivity (Wildman–Crippen MR) is 162 cm³/mol. The Kier molecular flexibility index (Phi) is 7.69. The van der Waals surface area contributed by atoms with Gasteiger partial charge in [0.15, 0.2) is 0 Å². The van der Waals surface area contributed by atoms with Crippen molar-refractivity contribution in [3.05, 3.63) is 66.2 Å². The molecule has 2 unspecified atom stereocenters. The molecular weight excluding hydrogens is 528 g/mol. The third-order valence-corrected chi connectivity index (χ3v) is 9.28. The highest BCUT2D eigenvalue weighted by Gasteiger charge is 2.44. The standard InChI is InChI=1S/C33H40N6O3/c1-3-25-18-36-39-22-29(42-13-10-23-8-11-41-12-9-23)15-30(33(25)39)26-5-6-31(34-17-26)37-20-27-14-28(21-37)38(27)19-24-4-7-32(40-2)35-16-24/h4-7,15-18,22-23,27-28H,3,8-14,19-21H2,1-2H3. The minimum atomic E-state index is 0.542. The van der Waals surface area contributed by atoms with Gasteiger partial charge in [0.05, 0.1) is 31.6 Å². The molecule has 9 heteroatoms. The van der Waals surface area contributed by atoms with Crippen molar-refractivity contribution < 1.29 is 14.2 Å². The zero-order valence-electron chi connectivity index (χ0n) is 24.6. The van der Waals surface area contributed by atoms with Crippen molar-refractivity contribution in [2.75, 3.05) is 44.9 Å². The van der Waals surface area contributed by atoms with Crippen molar-refractivity contribution in [1.82, 2.24) is 24.5 Å². The lowest BCUT2D eigenvalue weighted by atomic mass is 9.87. The van der Waals surface area contributed by atoms with E-state index in [1.165, 1.54) is 17.5 Å². The van der Waals surface area contributed by atoms with Crippen LogP contribution in [0.15, 0.2) is 55.1 Å². The quantitative estimate of drug-likeness (QED) is 0.264. The van der Waals surface area contributed by atoms with Gasteiger partial charge in [0.25, 0.3) is 0 Å². The summed E-state index contributed by atoms with van der Waals surface area (Å²) in [7, 11) is 1.65. The molecule has 4 aliphatic rings. The molecule has 4 fully saturated rings. The minimum Gasteiger partial charge on any atom is -0.492 e. The first kappa shape index (κ1) is 27.2. The van der Waals surface area contributed by atoms with Gasteiger partial charge in [-0.05, 0) is 67.3 Å². The number of methoxy groups -OCH3 is 1. The van der Waals surface area contributed by atoms with E-state index in [0.29, 0.717) is 30.5 Å². The normalized spacial score (nSPS) is 21.0. The number of fused-ring (bicyclic) bond motifs is 3.